The Morgan fingerprint density at radius 3 is 2.77 bits per heavy atom. The van der Waals surface area contributed by atoms with Crippen LogP contribution in [-0.2, 0) is 16.1 Å². The average Bonchev–Trinajstić information content (AvgIpc) is 3.07. The number of aromatic nitrogens is 2. The van der Waals surface area contributed by atoms with Gasteiger partial charge in [0.1, 0.15) is 5.75 Å². The maximum atomic E-state index is 13.3. The maximum Gasteiger partial charge on any atom is 0.227 e. The fraction of sp³-hybridized carbons (Fsp3) is 0.478. The monoisotopic (exact) mass is 423 g/mol. The quantitative estimate of drug-likeness (QED) is 0.732. The molecule has 8 nitrogen and oxygen atoms in total. The number of likely N-dealkylation sites (tertiary alicyclic amines) is 1. The second-order valence-electron chi connectivity index (χ2n) is 8.08. The standard InChI is InChI=1S/C23H29N5O3/c1-31-20-6-2-5-18(15-20)16-28-17-19(7-8-21(28)29)22(30)26-11-4-12-27(14-13-26)23-24-9-3-10-25-23/h2-3,5-6,9-10,15,19H,4,7-8,11-14,16-17H2,1H3/t19-/m1/s1. The Labute approximate surface area is 182 Å². The lowest BCUT2D eigenvalue weighted by Crippen LogP contribution is -2.47. The molecular formula is C23H29N5O3. The molecule has 0 N–H and O–H groups in total. The van der Waals surface area contributed by atoms with Crippen molar-refractivity contribution in [3.63, 3.8) is 0 Å². The first-order chi connectivity index (χ1) is 15.1. The molecule has 2 amide bonds. The topological polar surface area (TPSA) is 78.9 Å². The lowest BCUT2D eigenvalue weighted by Gasteiger charge is -2.34. The molecule has 2 saturated heterocycles. The number of amides is 2. The predicted octanol–water partition coefficient (Wildman–Crippen LogP) is 1.96. The van der Waals surface area contributed by atoms with Crippen LogP contribution in [0.4, 0.5) is 5.95 Å². The molecule has 2 aliphatic rings. The fourth-order valence-corrected chi connectivity index (χ4v) is 4.31. The molecule has 2 fully saturated rings. The summed E-state index contributed by atoms with van der Waals surface area (Å²) in [6.07, 6.45) is 5.40. The minimum atomic E-state index is -0.150. The highest BCUT2D eigenvalue weighted by atomic mass is 16.5. The second-order valence-corrected chi connectivity index (χ2v) is 8.08. The Morgan fingerprint density at radius 2 is 1.97 bits per heavy atom. The van der Waals surface area contributed by atoms with Crippen molar-refractivity contribution in [2.24, 2.45) is 5.92 Å². The summed E-state index contributed by atoms with van der Waals surface area (Å²) in [6.45, 7) is 3.89. The van der Waals surface area contributed by atoms with Crippen LogP contribution >= 0.6 is 0 Å². The van der Waals surface area contributed by atoms with E-state index in [0.29, 0.717) is 38.4 Å². The molecule has 2 aromatic rings. The van der Waals surface area contributed by atoms with E-state index in [1.54, 1.807) is 25.6 Å². The van der Waals surface area contributed by atoms with Gasteiger partial charge in [0.15, 0.2) is 0 Å². The molecule has 0 aliphatic carbocycles. The van der Waals surface area contributed by atoms with Gasteiger partial charge in [0.25, 0.3) is 0 Å². The number of hydrogen-bond acceptors (Lipinski definition) is 6. The molecule has 164 valence electrons. The Hall–Kier alpha value is -3.16. The van der Waals surface area contributed by atoms with Crippen LogP contribution in [0.25, 0.3) is 0 Å². The van der Waals surface area contributed by atoms with E-state index in [1.165, 1.54) is 0 Å². The molecular weight excluding hydrogens is 394 g/mol. The number of carbonyl (C=O) groups excluding carboxylic acids is 2. The number of benzene rings is 1. The molecule has 2 aliphatic heterocycles. The Balaban J connectivity index is 1.37. The van der Waals surface area contributed by atoms with Gasteiger partial charge in [0.2, 0.25) is 17.8 Å². The van der Waals surface area contributed by atoms with Crippen molar-refractivity contribution >= 4 is 17.8 Å². The summed E-state index contributed by atoms with van der Waals surface area (Å²) in [5.41, 5.74) is 1.01. The summed E-state index contributed by atoms with van der Waals surface area (Å²) < 4.78 is 5.28. The molecule has 0 bridgehead atoms. The third kappa shape index (κ3) is 5.13. The Kier molecular flexibility index (Phi) is 6.64. The third-order valence-electron chi connectivity index (χ3n) is 6.00. The van der Waals surface area contributed by atoms with Crippen molar-refractivity contribution in [2.75, 3.05) is 44.7 Å². The van der Waals surface area contributed by atoms with E-state index in [2.05, 4.69) is 14.9 Å². The summed E-state index contributed by atoms with van der Waals surface area (Å²) >= 11 is 0. The number of rotatable bonds is 5. The number of carbonyl (C=O) groups is 2. The predicted molar refractivity (Wildman–Crippen MR) is 117 cm³/mol. The van der Waals surface area contributed by atoms with E-state index in [1.807, 2.05) is 34.1 Å². The van der Waals surface area contributed by atoms with Crippen LogP contribution in [0.3, 0.4) is 0 Å². The fourth-order valence-electron chi connectivity index (χ4n) is 4.31. The first kappa shape index (κ1) is 21.1. The summed E-state index contributed by atoms with van der Waals surface area (Å²) in [5.74, 6) is 1.59. The molecule has 8 heteroatoms. The van der Waals surface area contributed by atoms with Crippen LogP contribution in [0.1, 0.15) is 24.8 Å². The van der Waals surface area contributed by atoms with Crippen LogP contribution < -0.4 is 9.64 Å². The van der Waals surface area contributed by atoms with Gasteiger partial charge in [0, 0.05) is 58.1 Å². The largest absolute Gasteiger partial charge is 0.497 e. The van der Waals surface area contributed by atoms with Crippen molar-refractivity contribution in [3.05, 3.63) is 48.3 Å². The summed E-state index contributed by atoms with van der Waals surface area (Å²) in [5, 5.41) is 0. The third-order valence-corrected chi connectivity index (χ3v) is 6.00. The van der Waals surface area contributed by atoms with E-state index < -0.39 is 0 Å². The van der Waals surface area contributed by atoms with Gasteiger partial charge in [-0.05, 0) is 36.6 Å². The molecule has 1 aromatic heterocycles. The van der Waals surface area contributed by atoms with Gasteiger partial charge in [-0.3, -0.25) is 9.59 Å². The SMILES string of the molecule is COc1cccc(CN2C[C@H](C(=O)N3CCCN(c4ncccn4)CC3)CCC2=O)c1. The van der Waals surface area contributed by atoms with Crippen LogP contribution in [0.2, 0.25) is 0 Å². The number of piperidine rings is 1. The van der Waals surface area contributed by atoms with E-state index in [0.717, 1.165) is 37.4 Å². The number of nitrogens with zero attached hydrogens (tertiary/aromatic N) is 5. The van der Waals surface area contributed by atoms with Crippen LogP contribution in [0.5, 0.6) is 5.75 Å². The van der Waals surface area contributed by atoms with Crippen molar-refractivity contribution in [1.82, 2.24) is 19.8 Å². The van der Waals surface area contributed by atoms with Gasteiger partial charge in [-0.25, -0.2) is 9.97 Å². The molecule has 0 radical (unpaired) electrons. The Morgan fingerprint density at radius 1 is 1.13 bits per heavy atom. The van der Waals surface area contributed by atoms with Gasteiger partial charge < -0.3 is 19.4 Å². The van der Waals surface area contributed by atoms with Crippen molar-refractivity contribution < 1.29 is 14.3 Å². The van der Waals surface area contributed by atoms with E-state index >= 15 is 0 Å². The number of methoxy groups -OCH3 is 1. The zero-order chi connectivity index (χ0) is 21.6. The maximum absolute atomic E-state index is 13.3. The van der Waals surface area contributed by atoms with Crippen molar-refractivity contribution in [2.45, 2.75) is 25.8 Å². The second kappa shape index (κ2) is 9.76. The zero-order valence-corrected chi connectivity index (χ0v) is 17.9. The zero-order valence-electron chi connectivity index (χ0n) is 17.9. The lowest BCUT2D eigenvalue weighted by atomic mass is 9.95. The molecule has 4 rings (SSSR count). The van der Waals surface area contributed by atoms with Crippen LogP contribution in [0.15, 0.2) is 42.7 Å². The molecule has 0 saturated carbocycles. The lowest BCUT2D eigenvalue weighted by molar-refractivity contribution is -0.143. The van der Waals surface area contributed by atoms with Gasteiger partial charge >= 0.3 is 0 Å². The number of ether oxygens (including phenoxy) is 1. The van der Waals surface area contributed by atoms with Crippen molar-refractivity contribution in [3.8, 4) is 5.75 Å². The van der Waals surface area contributed by atoms with Gasteiger partial charge in [-0.2, -0.15) is 0 Å². The van der Waals surface area contributed by atoms with Gasteiger partial charge in [-0.15, -0.1) is 0 Å². The van der Waals surface area contributed by atoms with Gasteiger partial charge in [0.05, 0.1) is 13.0 Å². The molecule has 31 heavy (non-hydrogen) atoms. The Bertz CT molecular complexity index is 907. The summed E-state index contributed by atoms with van der Waals surface area (Å²) in [7, 11) is 1.63. The minimum Gasteiger partial charge on any atom is -0.497 e. The number of anilines is 1. The highest BCUT2D eigenvalue weighted by molar-refractivity contribution is 5.84. The van der Waals surface area contributed by atoms with E-state index in [9.17, 15) is 9.59 Å². The van der Waals surface area contributed by atoms with Crippen molar-refractivity contribution in [1.29, 1.82) is 0 Å². The smallest absolute Gasteiger partial charge is 0.227 e. The molecule has 3 heterocycles. The molecule has 0 spiro atoms. The normalized spacial score (nSPS) is 19.8. The first-order valence-corrected chi connectivity index (χ1v) is 10.9. The molecule has 1 aromatic carbocycles. The summed E-state index contributed by atoms with van der Waals surface area (Å²) in [6, 6.07) is 9.53. The number of hydrogen-bond donors (Lipinski definition) is 0. The van der Waals surface area contributed by atoms with Crippen LogP contribution in [0, 0.1) is 5.92 Å². The van der Waals surface area contributed by atoms with E-state index in [-0.39, 0.29) is 17.7 Å². The molecule has 1 atom stereocenters. The summed E-state index contributed by atoms with van der Waals surface area (Å²) in [4.78, 5) is 40.3. The van der Waals surface area contributed by atoms with Crippen LogP contribution in [-0.4, -0.2) is 71.4 Å². The minimum absolute atomic E-state index is 0.107. The highest BCUT2D eigenvalue weighted by Crippen LogP contribution is 2.24. The van der Waals surface area contributed by atoms with Gasteiger partial charge in [-0.1, -0.05) is 12.1 Å². The average molecular weight is 424 g/mol. The van der Waals surface area contributed by atoms with E-state index in [4.69, 9.17) is 4.74 Å². The first-order valence-electron chi connectivity index (χ1n) is 10.9. The highest BCUT2D eigenvalue weighted by Gasteiger charge is 2.33. The molecule has 0 unspecified atom stereocenters.